The van der Waals surface area contributed by atoms with Crippen LogP contribution in [0.3, 0.4) is 0 Å². The predicted molar refractivity (Wildman–Crippen MR) is 88.3 cm³/mol. The summed E-state index contributed by atoms with van der Waals surface area (Å²) in [5.74, 6) is 0.115. The van der Waals surface area contributed by atoms with Gasteiger partial charge >= 0.3 is 0 Å². The molecule has 1 N–H and O–H groups in total. The SMILES string of the molecule is C[C@@H]1C[C@H](O)[C@@H](C)CN1c1cc(=O)n(C)c2ccc(C#N)nc12. The molecule has 0 aromatic carbocycles. The first-order valence-corrected chi connectivity index (χ1v) is 7.78. The Kier molecular flexibility index (Phi) is 3.82. The molecule has 23 heavy (non-hydrogen) atoms. The average molecular weight is 312 g/mol. The van der Waals surface area contributed by atoms with Gasteiger partial charge in [-0.15, -0.1) is 0 Å². The van der Waals surface area contributed by atoms with E-state index in [1.165, 1.54) is 0 Å². The number of aromatic nitrogens is 2. The zero-order valence-corrected chi connectivity index (χ0v) is 13.5. The van der Waals surface area contributed by atoms with Crippen LogP contribution < -0.4 is 10.5 Å². The smallest absolute Gasteiger partial charge is 0.252 e. The molecule has 2 aromatic heterocycles. The molecular weight excluding hydrogens is 292 g/mol. The summed E-state index contributed by atoms with van der Waals surface area (Å²) in [6.07, 6.45) is 0.317. The number of aliphatic hydroxyl groups excluding tert-OH is 1. The van der Waals surface area contributed by atoms with Crippen molar-refractivity contribution < 1.29 is 5.11 Å². The third kappa shape index (κ3) is 2.57. The van der Waals surface area contributed by atoms with Gasteiger partial charge in [-0.25, -0.2) is 4.98 Å². The summed E-state index contributed by atoms with van der Waals surface area (Å²) < 4.78 is 1.54. The van der Waals surface area contributed by atoms with Gasteiger partial charge in [0, 0.05) is 25.7 Å². The Morgan fingerprint density at radius 2 is 2.13 bits per heavy atom. The van der Waals surface area contributed by atoms with Gasteiger partial charge in [-0.1, -0.05) is 6.92 Å². The number of hydrogen-bond donors (Lipinski definition) is 1. The summed E-state index contributed by atoms with van der Waals surface area (Å²) in [7, 11) is 1.70. The fraction of sp³-hybridized carbons (Fsp3) is 0.471. The third-order valence-corrected chi connectivity index (χ3v) is 4.75. The first kappa shape index (κ1) is 15.5. The van der Waals surface area contributed by atoms with Gasteiger partial charge in [0.05, 0.1) is 17.3 Å². The zero-order chi connectivity index (χ0) is 16.7. The number of nitrogens with zero attached hydrogens (tertiary/aromatic N) is 4. The van der Waals surface area contributed by atoms with Crippen molar-refractivity contribution in [1.82, 2.24) is 9.55 Å². The second-order valence-corrected chi connectivity index (χ2v) is 6.38. The standard InChI is InChI=1S/C17H20N4O2/c1-10-9-21(11(2)6-15(10)22)14-7-16(23)20(3)13-5-4-12(8-18)19-17(13)14/h4-5,7,10-11,15,22H,6,9H2,1-3H3/t10-,11+,15-/m0/s1. The molecule has 0 saturated carbocycles. The highest BCUT2D eigenvalue weighted by molar-refractivity contribution is 5.88. The van der Waals surface area contributed by atoms with Gasteiger partial charge < -0.3 is 14.6 Å². The van der Waals surface area contributed by atoms with Gasteiger partial charge in [0.25, 0.3) is 5.56 Å². The van der Waals surface area contributed by atoms with Crippen molar-refractivity contribution in [2.75, 3.05) is 11.4 Å². The first-order valence-electron chi connectivity index (χ1n) is 7.78. The molecule has 3 atom stereocenters. The Bertz CT molecular complexity index is 852. The monoisotopic (exact) mass is 312 g/mol. The van der Waals surface area contributed by atoms with Crippen LogP contribution in [0.2, 0.25) is 0 Å². The quantitative estimate of drug-likeness (QED) is 0.860. The number of fused-ring (bicyclic) bond motifs is 1. The molecule has 6 nitrogen and oxygen atoms in total. The molecule has 1 fully saturated rings. The Morgan fingerprint density at radius 3 is 2.83 bits per heavy atom. The second kappa shape index (κ2) is 5.67. The molecule has 2 aromatic rings. The van der Waals surface area contributed by atoms with Crippen LogP contribution in [0.1, 0.15) is 26.0 Å². The van der Waals surface area contributed by atoms with E-state index in [2.05, 4.69) is 16.0 Å². The summed E-state index contributed by atoms with van der Waals surface area (Å²) in [6.45, 7) is 4.69. The molecule has 0 aliphatic carbocycles. The van der Waals surface area contributed by atoms with Crippen LogP contribution >= 0.6 is 0 Å². The van der Waals surface area contributed by atoms with Crippen molar-refractivity contribution >= 4 is 16.7 Å². The minimum Gasteiger partial charge on any atom is -0.393 e. The number of aliphatic hydroxyl groups is 1. The van der Waals surface area contributed by atoms with Crippen LogP contribution in [-0.4, -0.2) is 33.3 Å². The number of pyridine rings is 2. The van der Waals surface area contributed by atoms with Gasteiger partial charge in [0.2, 0.25) is 0 Å². The predicted octanol–water partition coefficient (Wildman–Crippen LogP) is 1.40. The number of hydrogen-bond acceptors (Lipinski definition) is 5. The maximum atomic E-state index is 12.3. The van der Waals surface area contributed by atoms with Gasteiger partial charge in [-0.3, -0.25) is 4.79 Å². The molecule has 3 rings (SSSR count). The van der Waals surface area contributed by atoms with Crippen LogP contribution in [-0.2, 0) is 7.05 Å². The number of anilines is 1. The van der Waals surface area contributed by atoms with E-state index in [1.807, 2.05) is 13.8 Å². The summed E-state index contributed by atoms with van der Waals surface area (Å²) in [4.78, 5) is 18.8. The Hall–Kier alpha value is -2.39. The molecule has 0 spiro atoms. The molecule has 0 bridgehead atoms. The summed E-state index contributed by atoms with van der Waals surface area (Å²) in [6, 6.07) is 7.12. The average Bonchev–Trinajstić information content (AvgIpc) is 2.54. The third-order valence-electron chi connectivity index (χ3n) is 4.75. The lowest BCUT2D eigenvalue weighted by Gasteiger charge is -2.41. The van der Waals surface area contributed by atoms with Gasteiger partial charge in [0.15, 0.2) is 0 Å². The highest BCUT2D eigenvalue weighted by atomic mass is 16.3. The fourth-order valence-electron chi connectivity index (χ4n) is 3.25. The van der Waals surface area contributed by atoms with Crippen LogP contribution in [0.5, 0.6) is 0 Å². The van der Waals surface area contributed by atoms with E-state index in [1.54, 1.807) is 29.8 Å². The molecule has 120 valence electrons. The number of rotatable bonds is 1. The molecule has 0 amide bonds. The normalized spacial score (nSPS) is 24.7. The number of piperidine rings is 1. The second-order valence-electron chi connectivity index (χ2n) is 6.38. The van der Waals surface area contributed by atoms with Crippen LogP contribution in [0.25, 0.3) is 11.0 Å². The minimum absolute atomic E-state index is 0.101. The molecule has 6 heteroatoms. The van der Waals surface area contributed by atoms with E-state index in [0.29, 0.717) is 29.7 Å². The first-order chi connectivity index (χ1) is 10.9. The van der Waals surface area contributed by atoms with Gasteiger partial charge in [0.1, 0.15) is 17.3 Å². The van der Waals surface area contributed by atoms with E-state index in [0.717, 1.165) is 5.69 Å². The minimum atomic E-state index is -0.332. The van der Waals surface area contributed by atoms with Crippen molar-refractivity contribution in [2.24, 2.45) is 13.0 Å². The fourth-order valence-corrected chi connectivity index (χ4v) is 3.25. The molecule has 0 unspecified atom stereocenters. The number of nitriles is 1. The molecule has 1 aliphatic heterocycles. The van der Waals surface area contributed by atoms with Crippen molar-refractivity contribution in [1.29, 1.82) is 5.26 Å². The summed E-state index contributed by atoms with van der Waals surface area (Å²) >= 11 is 0. The Labute approximate surface area is 134 Å². The van der Waals surface area contributed by atoms with Gasteiger partial charge in [-0.2, -0.15) is 5.26 Å². The van der Waals surface area contributed by atoms with Crippen LogP contribution in [0.4, 0.5) is 5.69 Å². The van der Waals surface area contributed by atoms with Crippen molar-refractivity contribution in [3.05, 3.63) is 34.2 Å². The molecule has 0 radical (unpaired) electrons. The van der Waals surface area contributed by atoms with Crippen LogP contribution in [0, 0.1) is 17.2 Å². The highest BCUT2D eigenvalue weighted by Crippen LogP contribution is 2.31. The van der Waals surface area contributed by atoms with Crippen molar-refractivity contribution in [2.45, 2.75) is 32.4 Å². The lowest BCUT2D eigenvalue weighted by atomic mass is 9.91. The molecule has 3 heterocycles. The molecule has 1 saturated heterocycles. The lowest BCUT2D eigenvalue weighted by Crippen LogP contribution is -2.48. The maximum Gasteiger partial charge on any atom is 0.252 e. The summed E-state index contributed by atoms with van der Waals surface area (Å²) in [5, 5.41) is 19.2. The van der Waals surface area contributed by atoms with Crippen LogP contribution in [0.15, 0.2) is 23.0 Å². The highest BCUT2D eigenvalue weighted by Gasteiger charge is 2.31. The zero-order valence-electron chi connectivity index (χ0n) is 13.5. The lowest BCUT2D eigenvalue weighted by molar-refractivity contribution is 0.0840. The Balaban J connectivity index is 2.22. The van der Waals surface area contributed by atoms with Crippen molar-refractivity contribution in [3.8, 4) is 6.07 Å². The van der Waals surface area contributed by atoms with E-state index in [-0.39, 0.29) is 23.6 Å². The van der Waals surface area contributed by atoms with E-state index in [4.69, 9.17) is 5.26 Å². The number of aryl methyl sites for hydroxylation is 1. The topological polar surface area (TPSA) is 82.1 Å². The molecular formula is C17H20N4O2. The maximum absolute atomic E-state index is 12.3. The van der Waals surface area contributed by atoms with Gasteiger partial charge in [-0.05, 0) is 31.4 Å². The summed E-state index contributed by atoms with van der Waals surface area (Å²) in [5.41, 5.74) is 2.32. The Morgan fingerprint density at radius 1 is 1.39 bits per heavy atom. The van der Waals surface area contributed by atoms with E-state index in [9.17, 15) is 9.90 Å². The largest absolute Gasteiger partial charge is 0.393 e. The van der Waals surface area contributed by atoms with E-state index >= 15 is 0 Å². The molecule has 1 aliphatic rings. The van der Waals surface area contributed by atoms with Crippen molar-refractivity contribution in [3.63, 3.8) is 0 Å². The van der Waals surface area contributed by atoms with E-state index < -0.39 is 0 Å².